The van der Waals surface area contributed by atoms with Gasteiger partial charge in [-0.1, -0.05) is 16.1 Å². The van der Waals surface area contributed by atoms with Gasteiger partial charge in [-0.2, -0.15) is 0 Å². The van der Waals surface area contributed by atoms with Crippen LogP contribution in [-0.2, 0) is 0 Å². The van der Waals surface area contributed by atoms with Gasteiger partial charge in [-0.05, 0) is 15.8 Å². The first-order valence-electron chi connectivity index (χ1n) is 3.09. The van der Waals surface area contributed by atoms with Crippen LogP contribution in [-0.4, -0.2) is 14.7 Å². The van der Waals surface area contributed by atoms with Crippen molar-refractivity contribution in [3.63, 3.8) is 0 Å². The molecule has 2 rings (SSSR count). The van der Waals surface area contributed by atoms with E-state index >= 15 is 0 Å². The molecule has 0 atom stereocenters. The lowest BCUT2D eigenvalue weighted by Crippen LogP contribution is -2.34. The molecule has 0 saturated heterocycles. The maximum absolute atomic E-state index is 5.17. The van der Waals surface area contributed by atoms with Crippen molar-refractivity contribution in [2.24, 2.45) is 0 Å². The van der Waals surface area contributed by atoms with Crippen LogP contribution >= 0.6 is 0 Å². The van der Waals surface area contributed by atoms with E-state index in [0.717, 1.165) is 5.65 Å². The molecule has 2 aromatic heterocycles. The molecule has 0 bridgehead atoms. The van der Waals surface area contributed by atoms with E-state index < -0.39 is 0 Å². The fourth-order valence-electron chi connectivity index (χ4n) is 0.868. The number of nitrogens with zero attached hydrogens (tertiary/aromatic N) is 4. The lowest BCUT2D eigenvalue weighted by molar-refractivity contribution is -0.663. The summed E-state index contributed by atoms with van der Waals surface area (Å²) in [6.07, 6.45) is 8.37. The normalized spacial score (nSPS) is 9.73. The molecule has 52 valence electrons. The van der Waals surface area contributed by atoms with Crippen molar-refractivity contribution in [2.45, 2.75) is 0 Å². The molecule has 0 radical (unpaired) electrons. The van der Waals surface area contributed by atoms with Crippen LogP contribution in [0.25, 0.3) is 5.65 Å². The molecule has 2 aromatic rings. The van der Waals surface area contributed by atoms with Crippen LogP contribution in [0.15, 0.2) is 24.7 Å². The fraction of sp³-hybridized carbons (Fsp3) is 0. The molecule has 0 saturated carbocycles. The van der Waals surface area contributed by atoms with Gasteiger partial charge >= 0.3 is 0 Å². The van der Waals surface area contributed by atoms with Crippen LogP contribution in [0.1, 0.15) is 0 Å². The van der Waals surface area contributed by atoms with Crippen LogP contribution in [0.4, 0.5) is 0 Å². The van der Waals surface area contributed by atoms with Crippen molar-refractivity contribution in [3.05, 3.63) is 24.7 Å². The summed E-state index contributed by atoms with van der Waals surface area (Å²) in [5.74, 6) is 0. The average molecular weight is 145 g/mol. The third-order valence-corrected chi connectivity index (χ3v) is 1.35. The van der Waals surface area contributed by atoms with Gasteiger partial charge in [0.05, 0.1) is 0 Å². The Labute approximate surface area is 63.1 Å². The molecule has 0 amide bonds. The van der Waals surface area contributed by atoms with Crippen molar-refractivity contribution in [1.82, 2.24) is 14.7 Å². The van der Waals surface area contributed by atoms with Gasteiger partial charge in [0.25, 0.3) is 12.0 Å². The smallest absolute Gasteiger partial charge is 0.0834 e. The second-order valence-corrected chi connectivity index (χ2v) is 1.99. The predicted molar refractivity (Wildman–Crippen MR) is 37.4 cm³/mol. The van der Waals surface area contributed by atoms with Gasteiger partial charge in [-0.15, -0.1) is 0 Å². The highest BCUT2D eigenvalue weighted by molar-refractivity contribution is 5.31. The van der Waals surface area contributed by atoms with E-state index in [1.807, 2.05) is 12.1 Å². The molecule has 0 fully saturated rings. The van der Waals surface area contributed by atoms with Gasteiger partial charge in [0.2, 0.25) is 0 Å². The largest absolute Gasteiger partial charge is 0.275 e. The molecule has 4 heteroatoms. The molecule has 0 aliphatic rings. The molecular formula is C7H5N4+. The molecule has 0 unspecified atom stereocenters. The van der Waals surface area contributed by atoms with Crippen molar-refractivity contribution >= 4 is 5.65 Å². The summed E-state index contributed by atoms with van der Waals surface area (Å²) in [7, 11) is 0. The average Bonchev–Trinajstić information content (AvgIpc) is 2.47. The minimum absolute atomic E-state index is 0.741. The highest BCUT2D eigenvalue weighted by Gasteiger charge is 2.04. The van der Waals surface area contributed by atoms with E-state index in [2.05, 4.69) is 16.1 Å². The maximum atomic E-state index is 5.17. The second kappa shape index (κ2) is 2.06. The Morgan fingerprint density at radius 3 is 3.36 bits per heavy atom. The van der Waals surface area contributed by atoms with Crippen molar-refractivity contribution in [1.29, 1.82) is 0 Å². The summed E-state index contributed by atoms with van der Waals surface area (Å²) in [5, 5.41) is 3.99. The van der Waals surface area contributed by atoms with E-state index in [1.54, 1.807) is 17.2 Å². The van der Waals surface area contributed by atoms with Crippen LogP contribution in [0, 0.1) is 12.5 Å². The number of hydrogen-bond acceptors (Lipinski definition) is 2. The topological polar surface area (TPSA) is 34.1 Å². The minimum Gasteiger partial charge on any atom is -0.0834 e. The highest BCUT2D eigenvalue weighted by Crippen LogP contribution is 1.89. The van der Waals surface area contributed by atoms with Crippen LogP contribution in [0.3, 0.4) is 0 Å². The Bertz CT molecular complexity index is 423. The molecule has 0 spiro atoms. The number of fused-ring (bicyclic) bond motifs is 1. The zero-order valence-corrected chi connectivity index (χ0v) is 5.68. The minimum atomic E-state index is 0.741. The van der Waals surface area contributed by atoms with E-state index in [9.17, 15) is 0 Å². The second-order valence-electron chi connectivity index (χ2n) is 1.99. The van der Waals surface area contributed by atoms with Crippen LogP contribution in [0.5, 0.6) is 0 Å². The van der Waals surface area contributed by atoms with E-state index in [1.165, 1.54) is 4.68 Å². The first-order chi connectivity index (χ1) is 5.42. The molecule has 11 heavy (non-hydrogen) atoms. The number of rotatable bonds is 0. The van der Waals surface area contributed by atoms with Gasteiger partial charge in [0.15, 0.2) is 0 Å². The van der Waals surface area contributed by atoms with Crippen LogP contribution < -0.4 is 4.68 Å². The summed E-state index contributed by atoms with van der Waals surface area (Å²) < 4.78 is 3.01. The summed E-state index contributed by atoms with van der Waals surface area (Å²) in [6, 6.07) is 6.05. The third kappa shape index (κ3) is 0.749. The van der Waals surface area contributed by atoms with E-state index in [0.29, 0.717) is 0 Å². The van der Waals surface area contributed by atoms with Crippen LogP contribution in [0.2, 0.25) is 0 Å². The number of terminal acetylenes is 1. The zero-order valence-electron chi connectivity index (χ0n) is 5.68. The van der Waals surface area contributed by atoms with E-state index in [-0.39, 0.29) is 0 Å². The molecular weight excluding hydrogens is 140 g/mol. The Balaban J connectivity index is 2.89. The Morgan fingerprint density at radius 1 is 1.64 bits per heavy atom. The number of hydrogen-bond donors (Lipinski definition) is 0. The lowest BCUT2D eigenvalue weighted by atomic mass is 10.6. The van der Waals surface area contributed by atoms with Crippen molar-refractivity contribution < 1.29 is 4.68 Å². The maximum Gasteiger partial charge on any atom is 0.275 e. The summed E-state index contributed by atoms with van der Waals surface area (Å²) in [5.41, 5.74) is 0.741. The SMILES string of the molecule is C#C[n+]1cnc2cccnn21. The molecule has 4 nitrogen and oxygen atoms in total. The fourth-order valence-corrected chi connectivity index (χ4v) is 0.868. The summed E-state index contributed by atoms with van der Waals surface area (Å²) in [4.78, 5) is 4.01. The first-order valence-corrected chi connectivity index (χ1v) is 3.09. The van der Waals surface area contributed by atoms with Gasteiger partial charge in [-0.3, -0.25) is 0 Å². The Kier molecular flexibility index (Phi) is 1.10. The van der Waals surface area contributed by atoms with Gasteiger partial charge in [0, 0.05) is 6.07 Å². The Hall–Kier alpha value is -1.89. The Morgan fingerprint density at radius 2 is 2.55 bits per heavy atom. The monoisotopic (exact) mass is 145 g/mol. The standard InChI is InChI=1S/C7H5N4/c1-2-10-6-8-7-4-3-5-9-11(7)10/h1,3-6H/q+1. The lowest BCUT2D eigenvalue weighted by Gasteiger charge is -1.82. The predicted octanol–water partition coefficient (Wildman–Crippen LogP) is -0.544. The molecule has 0 N–H and O–H groups in total. The highest BCUT2D eigenvalue weighted by atomic mass is 15.5. The molecule has 0 aliphatic carbocycles. The molecule has 0 aliphatic heterocycles. The molecule has 2 heterocycles. The quantitative estimate of drug-likeness (QED) is 0.368. The van der Waals surface area contributed by atoms with Gasteiger partial charge in [-0.25, -0.2) is 0 Å². The van der Waals surface area contributed by atoms with Crippen molar-refractivity contribution in [3.8, 4) is 12.5 Å². The van der Waals surface area contributed by atoms with Gasteiger partial charge < -0.3 is 0 Å². The summed E-state index contributed by atoms with van der Waals surface area (Å²) >= 11 is 0. The summed E-state index contributed by atoms with van der Waals surface area (Å²) in [6.45, 7) is 0. The first kappa shape index (κ1) is 5.86. The van der Waals surface area contributed by atoms with E-state index in [4.69, 9.17) is 6.42 Å². The van der Waals surface area contributed by atoms with Crippen molar-refractivity contribution in [2.75, 3.05) is 0 Å². The third-order valence-electron chi connectivity index (χ3n) is 1.35. The molecule has 0 aromatic carbocycles. The number of aromatic nitrogens is 4. The zero-order chi connectivity index (χ0) is 7.68. The van der Waals surface area contributed by atoms with Gasteiger partial charge in [0.1, 0.15) is 12.2 Å².